The van der Waals surface area contributed by atoms with Crippen LogP contribution in [0.25, 0.3) is 56.3 Å². The highest BCUT2D eigenvalue weighted by molar-refractivity contribution is 5.97. The van der Waals surface area contributed by atoms with Crippen molar-refractivity contribution in [1.82, 2.24) is 35.3 Å². The van der Waals surface area contributed by atoms with Crippen LogP contribution in [-0.4, -0.2) is 69.9 Å². The molecule has 0 unspecified atom stereocenters. The summed E-state index contributed by atoms with van der Waals surface area (Å²) >= 11 is 0. The fourth-order valence-electron chi connectivity index (χ4n) is 4.01. The number of alkyl halides is 6. The quantitative estimate of drug-likeness (QED) is 0.138. The molecule has 6 N–H and O–H groups in total. The fraction of sp³-hybridized carbons (Fsp3) is 0.100. The number of nitrogens with two attached hydrogens (primary N) is 1. The van der Waals surface area contributed by atoms with E-state index < -0.39 is 24.3 Å². The van der Waals surface area contributed by atoms with E-state index in [9.17, 15) is 26.3 Å². The van der Waals surface area contributed by atoms with Crippen LogP contribution in [0.3, 0.4) is 0 Å². The molecule has 0 atom stereocenters. The Morgan fingerprint density at radius 2 is 1.38 bits per heavy atom. The number of aliphatic carboxylic acids is 2. The lowest BCUT2D eigenvalue weighted by Crippen LogP contribution is -2.21. The first-order valence-electron chi connectivity index (χ1n) is 13.4. The van der Waals surface area contributed by atoms with Gasteiger partial charge in [0.15, 0.2) is 11.6 Å². The maximum absolute atomic E-state index is 10.6. The van der Waals surface area contributed by atoms with Gasteiger partial charge in [0.2, 0.25) is 0 Å². The molecule has 2 aromatic carbocycles. The van der Waals surface area contributed by atoms with Crippen LogP contribution >= 0.6 is 0 Å². The average molecular weight is 673 g/mol. The van der Waals surface area contributed by atoms with Crippen LogP contribution in [0.2, 0.25) is 0 Å². The molecule has 6 aromatic rings. The van der Waals surface area contributed by atoms with Gasteiger partial charge < -0.3 is 15.9 Å². The lowest BCUT2D eigenvalue weighted by Gasteiger charge is -2.13. The summed E-state index contributed by atoms with van der Waals surface area (Å²) in [6, 6.07) is 24.3. The molecule has 0 saturated heterocycles. The number of H-pyrrole nitrogens is 2. The predicted octanol–water partition coefficient (Wildman–Crippen LogP) is 5.86. The van der Waals surface area contributed by atoms with Crippen molar-refractivity contribution < 1.29 is 46.1 Å². The van der Waals surface area contributed by atoms with Crippen molar-refractivity contribution in [3.63, 3.8) is 0 Å². The van der Waals surface area contributed by atoms with Gasteiger partial charge in [-0.05, 0) is 29.3 Å². The van der Waals surface area contributed by atoms with E-state index in [0.29, 0.717) is 23.9 Å². The van der Waals surface area contributed by atoms with Crippen molar-refractivity contribution >= 4 is 22.8 Å². The molecular formula is C30H22F6N8O4. The van der Waals surface area contributed by atoms with Crippen molar-refractivity contribution in [3.05, 3.63) is 90.8 Å². The van der Waals surface area contributed by atoms with Crippen molar-refractivity contribution in [1.29, 1.82) is 0 Å². The minimum Gasteiger partial charge on any atom is -0.475 e. The Morgan fingerprint density at radius 1 is 0.750 bits per heavy atom. The molecule has 0 aliphatic carbocycles. The lowest BCUT2D eigenvalue weighted by atomic mass is 9.96. The number of nitrogens with zero attached hydrogens (tertiary/aromatic N) is 5. The summed E-state index contributed by atoms with van der Waals surface area (Å²) < 4.78 is 63.5. The first-order valence-corrected chi connectivity index (χ1v) is 13.4. The largest absolute Gasteiger partial charge is 0.490 e. The van der Waals surface area contributed by atoms with E-state index in [-0.39, 0.29) is 0 Å². The number of benzene rings is 2. The number of nitrogens with one attached hydrogen (secondary N) is 2. The van der Waals surface area contributed by atoms with Gasteiger partial charge in [0.05, 0.1) is 11.2 Å². The molecule has 4 heterocycles. The number of halogens is 6. The van der Waals surface area contributed by atoms with E-state index in [0.717, 1.165) is 44.5 Å². The molecule has 48 heavy (non-hydrogen) atoms. The second kappa shape index (κ2) is 14.5. The maximum atomic E-state index is 10.6. The zero-order valence-corrected chi connectivity index (χ0v) is 24.1. The molecule has 0 saturated carbocycles. The fourth-order valence-corrected chi connectivity index (χ4v) is 4.01. The predicted molar refractivity (Wildman–Crippen MR) is 159 cm³/mol. The topological polar surface area (TPSA) is 197 Å². The summed E-state index contributed by atoms with van der Waals surface area (Å²) in [5.41, 5.74) is 13.1. The van der Waals surface area contributed by atoms with Crippen LogP contribution in [0.1, 0.15) is 5.56 Å². The van der Waals surface area contributed by atoms with Crippen LogP contribution in [-0.2, 0) is 16.1 Å². The van der Waals surface area contributed by atoms with Crippen molar-refractivity contribution in [2.24, 2.45) is 5.73 Å². The highest BCUT2D eigenvalue weighted by Gasteiger charge is 2.38. The van der Waals surface area contributed by atoms with Gasteiger partial charge in [0.1, 0.15) is 11.4 Å². The van der Waals surface area contributed by atoms with Crippen LogP contribution in [0, 0.1) is 0 Å². The van der Waals surface area contributed by atoms with Gasteiger partial charge in [-0.25, -0.2) is 19.6 Å². The number of hydrogen-bond donors (Lipinski definition) is 5. The molecule has 0 aliphatic heterocycles. The van der Waals surface area contributed by atoms with Gasteiger partial charge in [-0.15, -0.1) is 0 Å². The number of fused-ring (bicyclic) bond motifs is 1. The molecule has 0 fully saturated rings. The van der Waals surface area contributed by atoms with E-state index >= 15 is 0 Å². The third-order valence-electron chi connectivity index (χ3n) is 6.23. The molecule has 12 nitrogen and oxygen atoms in total. The normalized spacial score (nSPS) is 11.2. The molecular weight excluding hydrogens is 650 g/mol. The molecule has 0 bridgehead atoms. The second-order valence-electron chi connectivity index (χ2n) is 9.46. The number of hydrogen-bond acceptors (Lipinski definition) is 8. The summed E-state index contributed by atoms with van der Waals surface area (Å²) in [5, 5.41) is 29.3. The number of carboxylic acids is 2. The summed E-state index contributed by atoms with van der Waals surface area (Å²) in [4.78, 5) is 32.1. The molecule has 0 radical (unpaired) electrons. The molecule has 6 rings (SSSR count). The second-order valence-corrected chi connectivity index (χ2v) is 9.46. The van der Waals surface area contributed by atoms with Gasteiger partial charge in [0.25, 0.3) is 0 Å². The van der Waals surface area contributed by atoms with Crippen molar-refractivity contribution in [2.75, 3.05) is 0 Å². The monoisotopic (exact) mass is 672 g/mol. The Kier molecular flexibility index (Phi) is 10.5. The molecule has 248 valence electrons. The minimum atomic E-state index is -5.08. The van der Waals surface area contributed by atoms with Gasteiger partial charge in [-0.1, -0.05) is 54.6 Å². The van der Waals surface area contributed by atoms with E-state index in [1.807, 2.05) is 42.5 Å². The summed E-state index contributed by atoms with van der Waals surface area (Å²) in [6.45, 7) is 0.504. The van der Waals surface area contributed by atoms with E-state index in [1.165, 1.54) is 0 Å². The van der Waals surface area contributed by atoms with Crippen molar-refractivity contribution in [3.8, 4) is 45.4 Å². The van der Waals surface area contributed by atoms with Gasteiger partial charge in [-0.2, -0.15) is 36.5 Å². The Balaban J connectivity index is 0.000000314. The SMILES string of the molecule is NCc1ccc(-c2nc3ccnc(-c4nc(-c5ccn[nH]5)n[nH]4)c3cc2-c2ccccc2)cc1.O=C(O)C(F)(F)F.O=C(O)C(F)(F)F. The summed E-state index contributed by atoms with van der Waals surface area (Å²) in [5.74, 6) is -4.42. The third-order valence-corrected chi connectivity index (χ3v) is 6.23. The van der Waals surface area contributed by atoms with Crippen LogP contribution in [0.5, 0.6) is 0 Å². The number of carbonyl (C=O) groups is 2. The first kappa shape index (κ1) is 34.7. The molecule has 0 amide bonds. The van der Waals surface area contributed by atoms with Crippen molar-refractivity contribution in [2.45, 2.75) is 18.9 Å². The average Bonchev–Trinajstić information content (AvgIpc) is 3.77. The molecule has 0 aliphatic rings. The molecule has 4 aromatic heterocycles. The molecule has 18 heteroatoms. The van der Waals surface area contributed by atoms with E-state index in [4.69, 9.17) is 30.5 Å². The smallest absolute Gasteiger partial charge is 0.475 e. The minimum absolute atomic E-state index is 0.504. The van der Waals surface area contributed by atoms with E-state index in [1.54, 1.807) is 12.4 Å². The standard InChI is InChI=1S/C26H20N8.2C2HF3O2/c27-15-16-6-8-18(9-7-16)23-19(17-4-2-1-3-5-17)14-20-21(30-23)10-12-28-24(20)26-31-25(33-34-26)22-11-13-29-32-22;2*3-2(4,5)1(6)7/h1-14H,15,27H2,(H,29,32)(H,31,33,34);2*(H,6,7). The van der Waals surface area contributed by atoms with E-state index in [2.05, 4.69) is 60.7 Å². The van der Waals surface area contributed by atoms with Crippen LogP contribution in [0.4, 0.5) is 26.3 Å². The van der Waals surface area contributed by atoms with Gasteiger partial charge in [0, 0.05) is 35.5 Å². The zero-order valence-electron chi connectivity index (χ0n) is 24.1. The third kappa shape index (κ3) is 8.55. The van der Waals surface area contributed by atoms with Gasteiger partial charge in [-0.3, -0.25) is 15.2 Å². The number of aromatic nitrogens is 7. The Labute approximate surface area is 265 Å². The zero-order chi connectivity index (χ0) is 35.1. The number of aromatic amines is 2. The maximum Gasteiger partial charge on any atom is 0.490 e. The number of carboxylic acid groups (broad SMARTS) is 2. The number of pyridine rings is 2. The van der Waals surface area contributed by atoms with Gasteiger partial charge >= 0.3 is 24.3 Å². The van der Waals surface area contributed by atoms with Crippen LogP contribution in [0.15, 0.2) is 85.2 Å². The Bertz CT molecular complexity index is 1970. The Hall–Kier alpha value is -6.17. The Morgan fingerprint density at radius 3 is 1.92 bits per heavy atom. The highest BCUT2D eigenvalue weighted by atomic mass is 19.4. The summed E-state index contributed by atoms with van der Waals surface area (Å²) in [7, 11) is 0. The highest BCUT2D eigenvalue weighted by Crippen LogP contribution is 2.36. The molecule has 0 spiro atoms. The van der Waals surface area contributed by atoms with Crippen LogP contribution < -0.4 is 5.73 Å². The lowest BCUT2D eigenvalue weighted by molar-refractivity contribution is -0.193. The summed E-state index contributed by atoms with van der Waals surface area (Å²) in [6.07, 6.45) is -6.76. The first-order chi connectivity index (χ1) is 22.7. The number of rotatable bonds is 5.